The molecule has 0 amide bonds. The molecule has 0 fully saturated rings. The summed E-state index contributed by atoms with van der Waals surface area (Å²) in [5, 5.41) is 1.76. The largest absolute Gasteiger partial charge is 0.455 e. The number of benzene rings is 2. The first-order chi connectivity index (χ1) is 10.6. The molecule has 108 valence electrons. The molecule has 0 aliphatic heterocycles. The molecule has 0 bridgehead atoms. The first kappa shape index (κ1) is 13.0. The van der Waals surface area contributed by atoms with Crippen LogP contribution in [0.15, 0.2) is 59.1 Å². The Morgan fingerprint density at radius 1 is 1.00 bits per heavy atom. The van der Waals surface area contributed by atoms with Crippen molar-refractivity contribution < 1.29 is 13.4 Å². The Kier molecular flexibility index (Phi) is 2.76. The highest BCUT2D eigenvalue weighted by Crippen LogP contribution is 2.36. The van der Waals surface area contributed by atoms with E-state index >= 15 is 0 Å². The van der Waals surface area contributed by atoms with Gasteiger partial charge >= 0.3 is 0 Å². The van der Waals surface area contributed by atoms with Gasteiger partial charge in [0, 0.05) is 22.9 Å². The summed E-state index contributed by atoms with van der Waals surface area (Å²) in [6, 6.07) is 14.8. The minimum atomic E-state index is -0.248. The minimum absolute atomic E-state index is 0.248. The number of hydrogen-bond donors (Lipinski definition) is 0. The summed E-state index contributed by atoms with van der Waals surface area (Å²) >= 11 is 0. The van der Waals surface area contributed by atoms with Crippen molar-refractivity contribution in [3.63, 3.8) is 0 Å². The van der Waals surface area contributed by atoms with Crippen LogP contribution >= 0.6 is 0 Å². The maximum atomic E-state index is 13.6. The van der Waals surface area contributed by atoms with Gasteiger partial charge in [0.15, 0.2) is 6.20 Å². The molecule has 2 aromatic carbocycles. The molecule has 4 rings (SSSR count). The first-order valence-corrected chi connectivity index (χ1v) is 7.21. The summed E-state index contributed by atoms with van der Waals surface area (Å²) in [5.41, 5.74) is 4.78. The summed E-state index contributed by atoms with van der Waals surface area (Å²) < 4.78 is 21.7. The lowest BCUT2D eigenvalue weighted by Gasteiger charge is -2.04. The molecule has 3 heteroatoms. The number of pyridine rings is 1. The molecule has 0 aliphatic carbocycles. The molecule has 0 aliphatic rings. The molecule has 2 heterocycles. The average molecular weight is 292 g/mol. The number of furan rings is 1. The van der Waals surface area contributed by atoms with E-state index in [1.54, 1.807) is 6.07 Å². The van der Waals surface area contributed by atoms with Crippen LogP contribution in [-0.4, -0.2) is 0 Å². The second-order valence-electron chi connectivity index (χ2n) is 5.57. The Hall–Kier alpha value is -2.68. The van der Waals surface area contributed by atoms with Crippen LogP contribution in [0.4, 0.5) is 4.39 Å². The number of aryl methyl sites for hydroxylation is 2. The van der Waals surface area contributed by atoms with Gasteiger partial charge in [-0.1, -0.05) is 12.1 Å². The molecule has 0 saturated heterocycles. The van der Waals surface area contributed by atoms with Gasteiger partial charge in [0.1, 0.15) is 24.0 Å². The van der Waals surface area contributed by atoms with Gasteiger partial charge in [0.25, 0.3) is 0 Å². The zero-order chi connectivity index (χ0) is 15.3. The highest BCUT2D eigenvalue weighted by atomic mass is 19.1. The van der Waals surface area contributed by atoms with Crippen molar-refractivity contribution in [2.24, 2.45) is 7.05 Å². The van der Waals surface area contributed by atoms with Gasteiger partial charge in [-0.15, -0.1) is 0 Å². The second-order valence-corrected chi connectivity index (χ2v) is 5.57. The molecule has 0 radical (unpaired) electrons. The third kappa shape index (κ3) is 1.82. The Balaban J connectivity index is 2.16. The van der Waals surface area contributed by atoms with Crippen LogP contribution in [0, 0.1) is 12.7 Å². The normalized spacial score (nSPS) is 11.4. The van der Waals surface area contributed by atoms with E-state index in [1.807, 2.05) is 31.4 Å². The Morgan fingerprint density at radius 3 is 2.68 bits per heavy atom. The Bertz CT molecular complexity index is 1020. The van der Waals surface area contributed by atoms with E-state index in [4.69, 9.17) is 4.42 Å². The molecule has 0 saturated carbocycles. The van der Waals surface area contributed by atoms with E-state index in [-0.39, 0.29) is 5.82 Å². The fourth-order valence-corrected chi connectivity index (χ4v) is 3.01. The van der Waals surface area contributed by atoms with Crippen LogP contribution in [0.1, 0.15) is 5.56 Å². The number of fused-ring (bicyclic) bond motifs is 3. The lowest BCUT2D eigenvalue weighted by molar-refractivity contribution is -0.660. The maximum Gasteiger partial charge on any atom is 0.216 e. The van der Waals surface area contributed by atoms with Crippen molar-refractivity contribution in [1.29, 1.82) is 0 Å². The average Bonchev–Trinajstić information content (AvgIpc) is 2.86. The molecule has 0 N–H and O–H groups in total. The van der Waals surface area contributed by atoms with Gasteiger partial charge < -0.3 is 4.42 Å². The number of rotatable bonds is 1. The van der Waals surface area contributed by atoms with Crippen molar-refractivity contribution >= 4 is 21.9 Å². The van der Waals surface area contributed by atoms with Crippen LogP contribution < -0.4 is 4.57 Å². The third-order valence-electron chi connectivity index (χ3n) is 4.12. The SMILES string of the molecule is Cc1ccc2c(oc3ccc(F)cc32)c1-c1cccc[n+]1C. The van der Waals surface area contributed by atoms with Crippen molar-refractivity contribution in [3.05, 3.63) is 66.1 Å². The van der Waals surface area contributed by atoms with E-state index < -0.39 is 0 Å². The monoisotopic (exact) mass is 292 g/mol. The molecule has 2 aromatic heterocycles. The molecule has 0 unspecified atom stereocenters. The predicted octanol–water partition coefficient (Wildman–Crippen LogP) is 4.53. The highest BCUT2D eigenvalue weighted by Gasteiger charge is 2.19. The van der Waals surface area contributed by atoms with E-state index in [0.29, 0.717) is 5.58 Å². The minimum Gasteiger partial charge on any atom is -0.455 e. The van der Waals surface area contributed by atoms with Crippen LogP contribution in [-0.2, 0) is 7.05 Å². The summed E-state index contributed by atoms with van der Waals surface area (Å²) in [7, 11) is 2.01. The predicted molar refractivity (Wildman–Crippen MR) is 85.0 cm³/mol. The fraction of sp³-hybridized carbons (Fsp3) is 0.105. The molecular formula is C19H15FNO+. The summed E-state index contributed by atoms with van der Waals surface area (Å²) in [4.78, 5) is 0. The van der Waals surface area contributed by atoms with E-state index in [9.17, 15) is 4.39 Å². The third-order valence-corrected chi connectivity index (χ3v) is 4.12. The molecular weight excluding hydrogens is 277 g/mol. The van der Waals surface area contributed by atoms with Crippen LogP contribution in [0.5, 0.6) is 0 Å². The lowest BCUT2D eigenvalue weighted by atomic mass is 10.0. The highest BCUT2D eigenvalue weighted by molar-refractivity contribution is 6.09. The Labute approximate surface area is 127 Å². The summed E-state index contributed by atoms with van der Waals surface area (Å²) in [6.07, 6.45) is 2.01. The van der Waals surface area contributed by atoms with Gasteiger partial charge in [-0.3, -0.25) is 0 Å². The topological polar surface area (TPSA) is 17.0 Å². The van der Waals surface area contributed by atoms with Gasteiger partial charge in [0.05, 0.1) is 5.56 Å². The van der Waals surface area contributed by atoms with Crippen molar-refractivity contribution in [2.75, 3.05) is 0 Å². The van der Waals surface area contributed by atoms with Gasteiger partial charge in [0.2, 0.25) is 5.69 Å². The van der Waals surface area contributed by atoms with Gasteiger partial charge in [-0.05, 0) is 36.8 Å². The molecule has 0 atom stereocenters. The number of nitrogens with zero attached hydrogens (tertiary/aromatic N) is 1. The van der Waals surface area contributed by atoms with E-state index in [0.717, 1.165) is 33.2 Å². The molecule has 2 nitrogen and oxygen atoms in total. The van der Waals surface area contributed by atoms with Gasteiger partial charge in [-0.2, -0.15) is 0 Å². The van der Waals surface area contributed by atoms with Crippen molar-refractivity contribution in [2.45, 2.75) is 6.92 Å². The maximum absolute atomic E-state index is 13.6. The van der Waals surface area contributed by atoms with E-state index in [1.165, 1.54) is 12.1 Å². The smallest absolute Gasteiger partial charge is 0.216 e. The quantitative estimate of drug-likeness (QED) is 0.471. The molecule has 0 spiro atoms. The molecule has 4 aromatic rings. The lowest BCUT2D eigenvalue weighted by Crippen LogP contribution is -2.30. The van der Waals surface area contributed by atoms with Crippen LogP contribution in [0.2, 0.25) is 0 Å². The summed E-state index contributed by atoms with van der Waals surface area (Å²) in [6.45, 7) is 2.07. The van der Waals surface area contributed by atoms with Crippen LogP contribution in [0.3, 0.4) is 0 Å². The van der Waals surface area contributed by atoms with Crippen LogP contribution in [0.25, 0.3) is 33.2 Å². The van der Waals surface area contributed by atoms with Gasteiger partial charge in [-0.25, -0.2) is 8.96 Å². The van der Waals surface area contributed by atoms with E-state index in [2.05, 4.69) is 23.6 Å². The first-order valence-electron chi connectivity index (χ1n) is 7.21. The zero-order valence-electron chi connectivity index (χ0n) is 12.4. The van der Waals surface area contributed by atoms with Crippen molar-refractivity contribution in [3.8, 4) is 11.3 Å². The second kappa shape index (κ2) is 4.67. The number of hydrogen-bond acceptors (Lipinski definition) is 1. The summed E-state index contributed by atoms with van der Waals surface area (Å²) in [5.74, 6) is -0.248. The standard InChI is InChI=1S/C19H15FNO/c1-12-6-8-14-15-11-13(20)7-9-17(15)22-19(14)18(12)16-5-3-4-10-21(16)2/h3-11H,1-2H3/q+1. The fourth-order valence-electron chi connectivity index (χ4n) is 3.01. The number of aromatic nitrogens is 1. The Morgan fingerprint density at radius 2 is 1.86 bits per heavy atom. The van der Waals surface area contributed by atoms with Crippen molar-refractivity contribution in [1.82, 2.24) is 0 Å². The molecule has 22 heavy (non-hydrogen) atoms. The number of halogens is 1. The zero-order valence-corrected chi connectivity index (χ0v) is 12.4.